The molecule has 0 unspecified atom stereocenters. The molecule has 0 radical (unpaired) electrons. The van der Waals surface area contributed by atoms with Crippen LogP contribution in [-0.2, 0) is 0 Å². The second-order valence-electron chi connectivity index (χ2n) is 6.13. The van der Waals surface area contributed by atoms with Crippen molar-refractivity contribution in [1.82, 2.24) is 5.32 Å². The number of carbonyl (C=O) groups is 1. The van der Waals surface area contributed by atoms with Crippen LogP contribution in [0.5, 0.6) is 0 Å². The van der Waals surface area contributed by atoms with Crippen molar-refractivity contribution < 1.29 is 4.79 Å². The molecule has 0 saturated carbocycles. The molecule has 1 amide bonds. The van der Waals surface area contributed by atoms with Gasteiger partial charge in [-0.2, -0.15) is 0 Å². The van der Waals surface area contributed by atoms with Gasteiger partial charge in [0.05, 0.1) is 17.3 Å². The second kappa shape index (κ2) is 5.43. The summed E-state index contributed by atoms with van der Waals surface area (Å²) in [6, 6.07) is 16.3. The number of nitrogens with one attached hydrogen (secondary N) is 1. The first-order valence-corrected chi connectivity index (χ1v) is 8.16. The van der Waals surface area contributed by atoms with Gasteiger partial charge in [0, 0.05) is 4.47 Å². The number of amides is 1. The third-order valence-corrected chi connectivity index (χ3v) is 4.65. The van der Waals surface area contributed by atoms with E-state index < -0.39 is 5.66 Å². The van der Waals surface area contributed by atoms with Crippen LogP contribution in [0.1, 0.15) is 42.7 Å². The summed E-state index contributed by atoms with van der Waals surface area (Å²) in [5.41, 5.74) is 2.43. The molecule has 0 fully saturated rings. The van der Waals surface area contributed by atoms with Gasteiger partial charge in [-0.3, -0.25) is 4.79 Å². The van der Waals surface area contributed by atoms with Gasteiger partial charge < -0.3 is 10.2 Å². The zero-order valence-corrected chi connectivity index (χ0v) is 14.5. The number of benzene rings is 2. The lowest BCUT2D eigenvalue weighted by Crippen LogP contribution is -2.61. The van der Waals surface area contributed by atoms with Crippen LogP contribution in [0.25, 0.3) is 0 Å². The fraction of sp³-hybridized carbons (Fsp3) is 0.278. The highest BCUT2D eigenvalue weighted by atomic mass is 79.9. The summed E-state index contributed by atoms with van der Waals surface area (Å²) in [4.78, 5) is 14.6. The standard InChI is InChI=1S/C18H19BrN2O/c1-12(13-7-5-4-6-8-13)21-16-11-14(19)9-10-15(16)17(22)20-18(21,2)3/h4-12H,1-3H3,(H,20,22)/t12-/m1/s1. The van der Waals surface area contributed by atoms with E-state index in [9.17, 15) is 4.79 Å². The van der Waals surface area contributed by atoms with Gasteiger partial charge in [0.25, 0.3) is 5.91 Å². The molecule has 1 aliphatic heterocycles. The smallest absolute Gasteiger partial charge is 0.255 e. The van der Waals surface area contributed by atoms with Crippen molar-refractivity contribution in [3.05, 3.63) is 64.1 Å². The molecule has 22 heavy (non-hydrogen) atoms. The van der Waals surface area contributed by atoms with Crippen molar-refractivity contribution in [3.8, 4) is 0 Å². The summed E-state index contributed by atoms with van der Waals surface area (Å²) < 4.78 is 0.974. The lowest BCUT2D eigenvalue weighted by atomic mass is 9.96. The minimum atomic E-state index is -0.458. The Hall–Kier alpha value is -1.81. The number of carbonyl (C=O) groups excluding carboxylic acids is 1. The molecule has 1 aliphatic rings. The molecule has 0 spiro atoms. The normalized spacial score (nSPS) is 17.6. The van der Waals surface area contributed by atoms with E-state index in [4.69, 9.17) is 0 Å². The number of hydrogen-bond acceptors (Lipinski definition) is 2. The van der Waals surface area contributed by atoms with E-state index in [0.717, 1.165) is 10.2 Å². The fourth-order valence-electron chi connectivity index (χ4n) is 3.18. The van der Waals surface area contributed by atoms with Crippen LogP contribution in [0.2, 0.25) is 0 Å². The summed E-state index contributed by atoms with van der Waals surface area (Å²) in [7, 11) is 0. The fourth-order valence-corrected chi connectivity index (χ4v) is 3.53. The van der Waals surface area contributed by atoms with Crippen LogP contribution in [-0.4, -0.2) is 11.6 Å². The van der Waals surface area contributed by atoms with Crippen molar-refractivity contribution in [3.63, 3.8) is 0 Å². The number of hydrogen-bond donors (Lipinski definition) is 1. The van der Waals surface area contributed by atoms with E-state index in [0.29, 0.717) is 5.56 Å². The van der Waals surface area contributed by atoms with Crippen LogP contribution >= 0.6 is 15.9 Å². The molecule has 1 N–H and O–H groups in total. The van der Waals surface area contributed by atoms with Crippen LogP contribution in [0.4, 0.5) is 5.69 Å². The largest absolute Gasteiger partial charge is 0.342 e. The summed E-state index contributed by atoms with van der Waals surface area (Å²) in [5.74, 6) is -0.0241. The van der Waals surface area contributed by atoms with E-state index in [1.807, 2.05) is 50.2 Å². The molecule has 1 heterocycles. The number of nitrogens with zero attached hydrogens (tertiary/aromatic N) is 1. The minimum absolute atomic E-state index is 0.0241. The maximum absolute atomic E-state index is 12.4. The Morgan fingerprint density at radius 3 is 2.50 bits per heavy atom. The molecule has 3 rings (SSSR count). The minimum Gasteiger partial charge on any atom is -0.342 e. The molecule has 114 valence electrons. The first kappa shape index (κ1) is 15.1. The Kier molecular flexibility index (Phi) is 3.73. The highest BCUT2D eigenvalue weighted by Gasteiger charge is 2.39. The number of anilines is 1. The number of fused-ring (bicyclic) bond motifs is 1. The highest BCUT2D eigenvalue weighted by Crippen LogP contribution is 2.39. The first-order valence-electron chi connectivity index (χ1n) is 7.36. The van der Waals surface area contributed by atoms with Gasteiger partial charge in [0.2, 0.25) is 0 Å². The lowest BCUT2D eigenvalue weighted by molar-refractivity contribution is 0.0893. The van der Waals surface area contributed by atoms with Crippen molar-refractivity contribution >= 4 is 27.5 Å². The zero-order valence-electron chi connectivity index (χ0n) is 12.9. The quantitative estimate of drug-likeness (QED) is 0.857. The van der Waals surface area contributed by atoms with Gasteiger partial charge in [-0.1, -0.05) is 46.3 Å². The molecule has 0 saturated heterocycles. The van der Waals surface area contributed by atoms with E-state index in [1.54, 1.807) is 0 Å². The molecule has 0 aliphatic carbocycles. The Bertz CT molecular complexity index is 712. The third-order valence-electron chi connectivity index (χ3n) is 4.15. The Balaban J connectivity index is 2.14. The lowest BCUT2D eigenvalue weighted by Gasteiger charge is -2.48. The molecule has 0 aromatic heterocycles. The first-order chi connectivity index (χ1) is 10.4. The van der Waals surface area contributed by atoms with Crippen molar-refractivity contribution in [2.24, 2.45) is 0 Å². The second-order valence-corrected chi connectivity index (χ2v) is 7.05. The van der Waals surface area contributed by atoms with Gasteiger partial charge in [0.15, 0.2) is 0 Å². The van der Waals surface area contributed by atoms with Crippen LogP contribution in [0.15, 0.2) is 53.0 Å². The van der Waals surface area contributed by atoms with Gasteiger partial charge >= 0.3 is 0 Å². The highest BCUT2D eigenvalue weighted by molar-refractivity contribution is 9.10. The maximum Gasteiger partial charge on any atom is 0.255 e. The third kappa shape index (κ3) is 2.52. The number of halogens is 1. The molecule has 3 nitrogen and oxygen atoms in total. The molecule has 4 heteroatoms. The molecular weight excluding hydrogens is 340 g/mol. The van der Waals surface area contributed by atoms with Gasteiger partial charge in [-0.25, -0.2) is 0 Å². The average Bonchev–Trinajstić information content (AvgIpc) is 2.46. The Labute approximate surface area is 139 Å². The average molecular weight is 359 g/mol. The van der Waals surface area contributed by atoms with Crippen molar-refractivity contribution in [2.45, 2.75) is 32.5 Å². The van der Waals surface area contributed by atoms with E-state index in [-0.39, 0.29) is 11.9 Å². The molecule has 2 aromatic carbocycles. The van der Waals surface area contributed by atoms with E-state index in [1.165, 1.54) is 5.56 Å². The van der Waals surface area contributed by atoms with E-state index in [2.05, 4.69) is 45.2 Å². The van der Waals surface area contributed by atoms with Crippen molar-refractivity contribution in [1.29, 1.82) is 0 Å². The Morgan fingerprint density at radius 2 is 1.82 bits per heavy atom. The molecule has 1 atom stereocenters. The zero-order chi connectivity index (χ0) is 15.9. The predicted octanol–water partition coefficient (Wildman–Crippen LogP) is 4.50. The number of rotatable bonds is 2. The summed E-state index contributed by atoms with van der Waals surface area (Å²) >= 11 is 3.52. The maximum atomic E-state index is 12.4. The molecule has 2 aromatic rings. The topological polar surface area (TPSA) is 32.3 Å². The van der Waals surface area contributed by atoms with E-state index >= 15 is 0 Å². The Morgan fingerprint density at radius 1 is 1.14 bits per heavy atom. The van der Waals surface area contributed by atoms with Gasteiger partial charge in [-0.15, -0.1) is 0 Å². The summed E-state index contributed by atoms with van der Waals surface area (Å²) in [6.07, 6.45) is 0. The molecule has 0 bridgehead atoms. The molecular formula is C18H19BrN2O. The van der Waals surface area contributed by atoms with Gasteiger partial charge in [0.1, 0.15) is 5.66 Å². The summed E-state index contributed by atoms with van der Waals surface area (Å²) in [5, 5.41) is 3.10. The van der Waals surface area contributed by atoms with Gasteiger partial charge in [-0.05, 0) is 44.5 Å². The van der Waals surface area contributed by atoms with Crippen LogP contribution in [0.3, 0.4) is 0 Å². The van der Waals surface area contributed by atoms with Crippen LogP contribution in [0, 0.1) is 0 Å². The predicted molar refractivity (Wildman–Crippen MR) is 93.0 cm³/mol. The summed E-state index contributed by atoms with van der Waals surface area (Å²) in [6.45, 7) is 6.24. The monoisotopic (exact) mass is 358 g/mol. The SMILES string of the molecule is C[C@H](c1ccccc1)N1c2cc(Br)ccc2C(=O)NC1(C)C. The van der Waals surface area contributed by atoms with Crippen LogP contribution < -0.4 is 10.2 Å². The van der Waals surface area contributed by atoms with Crippen molar-refractivity contribution in [2.75, 3.05) is 4.90 Å².